The summed E-state index contributed by atoms with van der Waals surface area (Å²) in [6.07, 6.45) is 0. The van der Waals surface area contributed by atoms with Crippen LogP contribution in [0.5, 0.6) is 0 Å². The van der Waals surface area contributed by atoms with Crippen molar-refractivity contribution in [2.24, 2.45) is 0 Å². The number of nitrogens with zero attached hydrogens (tertiary/aromatic N) is 2. The topological polar surface area (TPSA) is 36.3 Å². The summed E-state index contributed by atoms with van der Waals surface area (Å²) in [5, 5.41) is 7.32. The molecular formula is C11H26N2O. The van der Waals surface area contributed by atoms with Gasteiger partial charge in [-0.05, 0) is 7.05 Å². The van der Waals surface area contributed by atoms with Gasteiger partial charge < -0.3 is 9.64 Å². The summed E-state index contributed by atoms with van der Waals surface area (Å²) in [6, 6.07) is 1.75. The van der Waals surface area contributed by atoms with E-state index < -0.39 is 0 Å². The molecule has 1 aliphatic rings. The average Bonchev–Trinajstić information content (AvgIpc) is 2.26. The first kappa shape index (κ1) is 19.1. The van der Waals surface area contributed by atoms with Crippen molar-refractivity contribution in [2.45, 2.75) is 34.6 Å². The van der Waals surface area contributed by atoms with Crippen LogP contribution in [0.15, 0.2) is 0 Å². The molecule has 0 N–H and O–H groups in total. The quantitative estimate of drug-likeness (QED) is 0.605. The fourth-order valence-electron chi connectivity index (χ4n) is 0.655. The van der Waals surface area contributed by atoms with Gasteiger partial charge in [0.1, 0.15) is 0 Å². The number of morpholine rings is 1. The van der Waals surface area contributed by atoms with E-state index in [2.05, 4.69) is 11.9 Å². The molecular weight excluding hydrogens is 176 g/mol. The fraction of sp³-hybridized carbons (Fsp3) is 0.909. The molecule has 14 heavy (non-hydrogen) atoms. The van der Waals surface area contributed by atoms with Crippen LogP contribution in [-0.4, -0.2) is 38.3 Å². The van der Waals surface area contributed by atoms with Gasteiger partial charge in [-0.15, -0.1) is 0 Å². The van der Waals surface area contributed by atoms with E-state index in [9.17, 15) is 0 Å². The first-order valence-corrected chi connectivity index (χ1v) is 5.38. The largest absolute Gasteiger partial charge is 0.379 e. The zero-order valence-electron chi connectivity index (χ0n) is 10.6. The predicted octanol–water partition coefficient (Wildman–Crippen LogP) is 2.53. The molecule has 0 unspecified atom stereocenters. The first-order valence-electron chi connectivity index (χ1n) is 5.38. The van der Waals surface area contributed by atoms with Crippen LogP contribution in [0.3, 0.4) is 0 Å². The summed E-state index contributed by atoms with van der Waals surface area (Å²) in [7, 11) is 2.11. The van der Waals surface area contributed by atoms with E-state index in [-0.39, 0.29) is 0 Å². The molecule has 86 valence electrons. The molecule has 0 amide bonds. The molecule has 0 aromatic heterocycles. The van der Waals surface area contributed by atoms with Crippen molar-refractivity contribution in [3.05, 3.63) is 0 Å². The molecule has 0 radical (unpaired) electrons. The normalized spacial score (nSPS) is 14.1. The third-order valence-corrected chi connectivity index (χ3v) is 1.23. The molecule has 3 nitrogen and oxygen atoms in total. The van der Waals surface area contributed by atoms with E-state index in [0.717, 1.165) is 26.3 Å². The van der Waals surface area contributed by atoms with Crippen LogP contribution in [0.25, 0.3) is 0 Å². The van der Waals surface area contributed by atoms with Crippen LogP contribution in [0, 0.1) is 11.3 Å². The summed E-state index contributed by atoms with van der Waals surface area (Å²) in [5.74, 6) is 0. The Bertz CT molecular complexity index is 104. The van der Waals surface area contributed by atoms with Gasteiger partial charge in [0.15, 0.2) is 0 Å². The molecule has 1 aliphatic heterocycles. The third-order valence-electron chi connectivity index (χ3n) is 1.23. The van der Waals surface area contributed by atoms with Gasteiger partial charge in [-0.3, -0.25) is 0 Å². The Morgan fingerprint density at radius 1 is 1.07 bits per heavy atom. The van der Waals surface area contributed by atoms with E-state index in [0.29, 0.717) is 0 Å². The van der Waals surface area contributed by atoms with Crippen molar-refractivity contribution in [3.8, 4) is 6.07 Å². The third kappa shape index (κ3) is 22.5. The lowest BCUT2D eigenvalue weighted by molar-refractivity contribution is 0.0503. The van der Waals surface area contributed by atoms with Crippen LogP contribution in [0.1, 0.15) is 34.6 Å². The monoisotopic (exact) mass is 202 g/mol. The highest BCUT2D eigenvalue weighted by molar-refractivity contribution is 4.53. The molecule has 3 heteroatoms. The second kappa shape index (κ2) is 22.8. The van der Waals surface area contributed by atoms with Crippen LogP contribution in [0.2, 0.25) is 0 Å². The van der Waals surface area contributed by atoms with Crippen molar-refractivity contribution in [2.75, 3.05) is 33.4 Å². The second-order valence-electron chi connectivity index (χ2n) is 2.14. The molecule has 0 atom stereocenters. The Morgan fingerprint density at radius 3 is 1.50 bits per heavy atom. The number of nitriles is 1. The standard InChI is InChI=1S/C5H11NO.C2H3N.2C2H6/c1-6-2-4-7-5-3-6;1-2-3;2*1-2/h2-5H2,1H3;1H3;2*1-2H3. The molecule has 0 aromatic rings. The number of likely N-dealkylation sites (N-methyl/N-ethyl adjacent to an activating group) is 1. The Labute approximate surface area is 89.7 Å². The zero-order chi connectivity index (χ0) is 11.8. The molecule has 0 bridgehead atoms. The minimum absolute atomic E-state index is 0.913. The van der Waals surface area contributed by atoms with Gasteiger partial charge in [-0.25, -0.2) is 0 Å². The number of ether oxygens (including phenoxy) is 1. The van der Waals surface area contributed by atoms with Crippen LogP contribution in [-0.2, 0) is 4.74 Å². The maximum absolute atomic E-state index is 7.32. The van der Waals surface area contributed by atoms with E-state index >= 15 is 0 Å². The predicted molar refractivity (Wildman–Crippen MR) is 62.3 cm³/mol. The molecule has 1 saturated heterocycles. The highest BCUT2D eigenvalue weighted by Gasteiger charge is 2.02. The minimum atomic E-state index is 0.913. The van der Waals surface area contributed by atoms with Crippen molar-refractivity contribution >= 4 is 0 Å². The molecule has 0 spiro atoms. The smallest absolute Gasteiger partial charge is 0.0594 e. The maximum atomic E-state index is 7.32. The maximum Gasteiger partial charge on any atom is 0.0594 e. The van der Waals surface area contributed by atoms with Crippen LogP contribution in [0.4, 0.5) is 0 Å². The number of hydrogen-bond acceptors (Lipinski definition) is 3. The van der Waals surface area contributed by atoms with E-state index in [4.69, 9.17) is 10.00 Å². The minimum Gasteiger partial charge on any atom is -0.379 e. The highest BCUT2D eigenvalue weighted by Crippen LogP contribution is 1.89. The van der Waals surface area contributed by atoms with Crippen LogP contribution < -0.4 is 0 Å². The fourth-order valence-corrected chi connectivity index (χ4v) is 0.655. The molecule has 0 saturated carbocycles. The zero-order valence-corrected chi connectivity index (χ0v) is 10.6. The second-order valence-corrected chi connectivity index (χ2v) is 2.14. The Morgan fingerprint density at radius 2 is 1.36 bits per heavy atom. The molecule has 1 rings (SSSR count). The Hall–Kier alpha value is -0.590. The Kier molecular flexibility index (Phi) is 31.1. The lowest BCUT2D eigenvalue weighted by Gasteiger charge is -2.21. The number of rotatable bonds is 0. The van der Waals surface area contributed by atoms with Gasteiger partial charge in [0.05, 0.1) is 19.3 Å². The van der Waals surface area contributed by atoms with Gasteiger partial charge in [0.2, 0.25) is 0 Å². The van der Waals surface area contributed by atoms with E-state index in [1.54, 1.807) is 6.07 Å². The molecule has 1 heterocycles. The summed E-state index contributed by atoms with van der Waals surface area (Å²) >= 11 is 0. The SMILES string of the molecule is CC.CC.CC#N.CN1CCOCC1. The molecule has 0 aromatic carbocycles. The summed E-state index contributed by atoms with van der Waals surface area (Å²) in [6.45, 7) is 13.5. The van der Waals surface area contributed by atoms with Gasteiger partial charge >= 0.3 is 0 Å². The lowest BCUT2D eigenvalue weighted by atomic mass is 10.5. The first-order chi connectivity index (χ1) is 6.81. The molecule has 1 fully saturated rings. The lowest BCUT2D eigenvalue weighted by Crippen LogP contribution is -2.32. The number of hydrogen-bond donors (Lipinski definition) is 0. The average molecular weight is 202 g/mol. The van der Waals surface area contributed by atoms with Crippen molar-refractivity contribution in [3.63, 3.8) is 0 Å². The van der Waals surface area contributed by atoms with Gasteiger partial charge in [0, 0.05) is 20.0 Å². The summed E-state index contributed by atoms with van der Waals surface area (Å²) < 4.78 is 5.10. The van der Waals surface area contributed by atoms with E-state index in [1.807, 2.05) is 27.7 Å². The summed E-state index contributed by atoms with van der Waals surface area (Å²) in [5.41, 5.74) is 0. The van der Waals surface area contributed by atoms with Crippen molar-refractivity contribution < 1.29 is 4.74 Å². The Balaban J connectivity index is -0.000000148. The van der Waals surface area contributed by atoms with Gasteiger partial charge in [-0.2, -0.15) is 5.26 Å². The highest BCUT2D eigenvalue weighted by atomic mass is 16.5. The van der Waals surface area contributed by atoms with Crippen LogP contribution >= 0.6 is 0 Å². The van der Waals surface area contributed by atoms with Crippen molar-refractivity contribution in [1.29, 1.82) is 5.26 Å². The van der Waals surface area contributed by atoms with Gasteiger partial charge in [0.25, 0.3) is 0 Å². The van der Waals surface area contributed by atoms with Gasteiger partial charge in [-0.1, -0.05) is 27.7 Å². The summed E-state index contributed by atoms with van der Waals surface area (Å²) in [4.78, 5) is 2.27. The molecule has 0 aliphatic carbocycles. The van der Waals surface area contributed by atoms with Crippen molar-refractivity contribution in [1.82, 2.24) is 4.90 Å². The van der Waals surface area contributed by atoms with E-state index in [1.165, 1.54) is 6.92 Å².